The highest BCUT2D eigenvalue weighted by molar-refractivity contribution is 5.22. The summed E-state index contributed by atoms with van der Waals surface area (Å²) in [6, 6.07) is 0. The molecule has 0 atom stereocenters. The molecule has 0 radical (unpaired) electrons. The van der Waals surface area contributed by atoms with Crippen LogP contribution in [0.15, 0.2) is 16.9 Å². The van der Waals surface area contributed by atoms with Gasteiger partial charge in [-0.3, -0.25) is 0 Å². The number of furan rings is 1. The smallest absolute Gasteiger partial charge is 0.0937 e. The van der Waals surface area contributed by atoms with E-state index in [-0.39, 0.29) is 0 Å². The number of hydrogen-bond donors (Lipinski definition) is 0. The predicted octanol–water partition coefficient (Wildman–Crippen LogP) is 3.18. The van der Waals surface area contributed by atoms with Crippen LogP contribution < -0.4 is 0 Å². The lowest BCUT2D eigenvalue weighted by atomic mass is 9.85. The van der Waals surface area contributed by atoms with Gasteiger partial charge in [0, 0.05) is 0 Å². The van der Waals surface area contributed by atoms with Gasteiger partial charge >= 0.3 is 0 Å². The number of fused-ring (bicyclic) bond motifs is 1. The van der Waals surface area contributed by atoms with Gasteiger partial charge in [-0.05, 0) is 42.2 Å². The highest BCUT2D eigenvalue weighted by Gasteiger charge is 2.22. The molecule has 0 spiro atoms. The summed E-state index contributed by atoms with van der Waals surface area (Å²) in [4.78, 5) is 0. The van der Waals surface area contributed by atoms with E-state index in [9.17, 15) is 0 Å². The van der Waals surface area contributed by atoms with Gasteiger partial charge in [0.05, 0.1) is 12.5 Å². The Bertz CT molecular complexity index is 246. The molecule has 1 aliphatic rings. The monoisotopic (exact) mass is 164 g/mol. The SMILES string of the molecule is CC1(C)CCc2cocc2CC1. The van der Waals surface area contributed by atoms with Crippen molar-refractivity contribution in [1.82, 2.24) is 0 Å². The zero-order valence-electron chi connectivity index (χ0n) is 7.89. The number of aryl methyl sites for hydroxylation is 2. The molecule has 1 nitrogen and oxygen atoms in total. The molecule has 0 fully saturated rings. The van der Waals surface area contributed by atoms with Gasteiger partial charge in [0.2, 0.25) is 0 Å². The van der Waals surface area contributed by atoms with Gasteiger partial charge in [-0.1, -0.05) is 13.8 Å². The third-order valence-corrected chi connectivity index (χ3v) is 2.98. The molecule has 1 aromatic heterocycles. The van der Waals surface area contributed by atoms with Gasteiger partial charge in [-0.25, -0.2) is 0 Å². The van der Waals surface area contributed by atoms with Crippen LogP contribution in [-0.2, 0) is 12.8 Å². The quantitative estimate of drug-likeness (QED) is 0.537. The van der Waals surface area contributed by atoms with E-state index in [1.54, 1.807) is 0 Å². The highest BCUT2D eigenvalue weighted by Crippen LogP contribution is 2.33. The van der Waals surface area contributed by atoms with Crippen LogP contribution in [0.2, 0.25) is 0 Å². The molecule has 1 heteroatoms. The molecule has 0 aliphatic heterocycles. The number of rotatable bonds is 0. The standard InChI is InChI=1S/C11H16O/c1-11(2)5-3-9-7-12-8-10(9)4-6-11/h7-8H,3-6H2,1-2H3. The van der Waals surface area contributed by atoms with Gasteiger partial charge in [-0.15, -0.1) is 0 Å². The fraction of sp³-hybridized carbons (Fsp3) is 0.636. The van der Waals surface area contributed by atoms with Crippen molar-refractivity contribution >= 4 is 0 Å². The Labute approximate surface area is 73.8 Å². The molecule has 1 heterocycles. The molecule has 0 saturated carbocycles. The highest BCUT2D eigenvalue weighted by atomic mass is 16.3. The molecule has 0 unspecified atom stereocenters. The summed E-state index contributed by atoms with van der Waals surface area (Å²) in [5.41, 5.74) is 3.38. The maximum absolute atomic E-state index is 5.19. The van der Waals surface area contributed by atoms with E-state index in [1.165, 1.54) is 36.8 Å². The first-order valence-corrected chi connectivity index (χ1v) is 4.71. The molecule has 0 bridgehead atoms. The lowest BCUT2D eigenvalue weighted by molar-refractivity contribution is 0.315. The van der Waals surface area contributed by atoms with Crippen molar-refractivity contribution in [2.45, 2.75) is 39.5 Å². The maximum Gasteiger partial charge on any atom is 0.0937 e. The Kier molecular flexibility index (Phi) is 1.75. The summed E-state index contributed by atoms with van der Waals surface area (Å²) in [6.07, 6.45) is 8.80. The maximum atomic E-state index is 5.19. The van der Waals surface area contributed by atoms with Crippen LogP contribution in [0.3, 0.4) is 0 Å². The van der Waals surface area contributed by atoms with Crippen LogP contribution in [0.1, 0.15) is 37.8 Å². The van der Waals surface area contributed by atoms with E-state index in [0.29, 0.717) is 5.41 Å². The van der Waals surface area contributed by atoms with E-state index >= 15 is 0 Å². The fourth-order valence-electron chi connectivity index (χ4n) is 1.86. The fourth-order valence-corrected chi connectivity index (χ4v) is 1.86. The molecule has 1 aromatic rings. The summed E-state index contributed by atoms with van der Waals surface area (Å²) in [5.74, 6) is 0. The molecule has 0 aromatic carbocycles. The average Bonchev–Trinajstić information content (AvgIpc) is 2.40. The van der Waals surface area contributed by atoms with Gasteiger partial charge in [0.25, 0.3) is 0 Å². The van der Waals surface area contributed by atoms with Crippen LogP contribution in [0, 0.1) is 5.41 Å². The Morgan fingerprint density at radius 1 is 1.08 bits per heavy atom. The topological polar surface area (TPSA) is 13.1 Å². The van der Waals surface area contributed by atoms with Crippen molar-refractivity contribution in [3.05, 3.63) is 23.7 Å². The van der Waals surface area contributed by atoms with Crippen LogP contribution in [0.4, 0.5) is 0 Å². The molecule has 12 heavy (non-hydrogen) atoms. The van der Waals surface area contributed by atoms with Crippen molar-refractivity contribution in [3.8, 4) is 0 Å². The zero-order chi connectivity index (χ0) is 8.60. The first-order chi connectivity index (χ1) is 5.67. The Morgan fingerprint density at radius 3 is 2.08 bits per heavy atom. The summed E-state index contributed by atoms with van der Waals surface area (Å²) < 4.78 is 5.19. The summed E-state index contributed by atoms with van der Waals surface area (Å²) >= 11 is 0. The van der Waals surface area contributed by atoms with E-state index < -0.39 is 0 Å². The predicted molar refractivity (Wildman–Crippen MR) is 49.1 cm³/mol. The third-order valence-electron chi connectivity index (χ3n) is 2.98. The van der Waals surface area contributed by atoms with E-state index in [2.05, 4.69) is 13.8 Å². The van der Waals surface area contributed by atoms with E-state index in [1.807, 2.05) is 12.5 Å². The van der Waals surface area contributed by atoms with Crippen LogP contribution in [-0.4, -0.2) is 0 Å². The van der Waals surface area contributed by atoms with Crippen molar-refractivity contribution in [2.24, 2.45) is 5.41 Å². The van der Waals surface area contributed by atoms with Crippen LogP contribution >= 0.6 is 0 Å². The van der Waals surface area contributed by atoms with Crippen molar-refractivity contribution in [2.75, 3.05) is 0 Å². The Balaban J connectivity index is 2.21. The second-order valence-electron chi connectivity index (χ2n) is 4.59. The zero-order valence-corrected chi connectivity index (χ0v) is 7.89. The lowest BCUT2D eigenvalue weighted by Crippen LogP contribution is -2.10. The van der Waals surface area contributed by atoms with Crippen LogP contribution in [0.25, 0.3) is 0 Å². The normalized spacial score (nSPS) is 21.5. The van der Waals surface area contributed by atoms with Gasteiger partial charge < -0.3 is 4.42 Å². The first kappa shape index (κ1) is 7.90. The van der Waals surface area contributed by atoms with Crippen LogP contribution in [0.5, 0.6) is 0 Å². The lowest BCUT2D eigenvalue weighted by Gasteiger charge is -2.21. The van der Waals surface area contributed by atoms with E-state index in [0.717, 1.165) is 0 Å². The molecular weight excluding hydrogens is 148 g/mol. The minimum atomic E-state index is 0.520. The van der Waals surface area contributed by atoms with E-state index in [4.69, 9.17) is 4.42 Å². The van der Waals surface area contributed by atoms with Crippen molar-refractivity contribution < 1.29 is 4.42 Å². The largest absolute Gasteiger partial charge is 0.472 e. The summed E-state index contributed by atoms with van der Waals surface area (Å²) in [6.45, 7) is 4.71. The van der Waals surface area contributed by atoms with Crippen molar-refractivity contribution in [1.29, 1.82) is 0 Å². The molecule has 1 aliphatic carbocycles. The minimum Gasteiger partial charge on any atom is -0.472 e. The molecule has 66 valence electrons. The Morgan fingerprint density at radius 2 is 1.58 bits per heavy atom. The van der Waals surface area contributed by atoms with Crippen molar-refractivity contribution in [3.63, 3.8) is 0 Å². The summed E-state index contributed by atoms with van der Waals surface area (Å²) in [7, 11) is 0. The second-order valence-corrected chi connectivity index (χ2v) is 4.59. The number of hydrogen-bond acceptors (Lipinski definition) is 1. The van der Waals surface area contributed by atoms with Gasteiger partial charge in [-0.2, -0.15) is 0 Å². The second kappa shape index (κ2) is 2.65. The average molecular weight is 164 g/mol. The molecule has 0 N–H and O–H groups in total. The molecule has 0 saturated heterocycles. The Hall–Kier alpha value is -0.720. The molecule has 0 amide bonds. The van der Waals surface area contributed by atoms with Gasteiger partial charge in [0.1, 0.15) is 0 Å². The third kappa shape index (κ3) is 1.40. The molecule has 2 rings (SSSR count). The first-order valence-electron chi connectivity index (χ1n) is 4.71. The molecular formula is C11H16O. The van der Waals surface area contributed by atoms with Gasteiger partial charge in [0.15, 0.2) is 0 Å². The summed E-state index contributed by atoms with van der Waals surface area (Å²) in [5, 5.41) is 0. The minimum absolute atomic E-state index is 0.520.